The molecule has 1 atom stereocenters. The summed E-state index contributed by atoms with van der Waals surface area (Å²) in [5.74, 6) is -0.320. The monoisotopic (exact) mass is 403 g/mol. The van der Waals surface area contributed by atoms with E-state index in [0.29, 0.717) is 40.8 Å². The molecule has 0 saturated carbocycles. The molecule has 0 aliphatic carbocycles. The molecular weight excluding hydrogens is 378 g/mol. The van der Waals surface area contributed by atoms with Gasteiger partial charge in [-0.05, 0) is 42.2 Å². The Hall–Kier alpha value is -2.37. The Morgan fingerprint density at radius 1 is 1.07 bits per heavy atom. The molecule has 6 heteroatoms. The van der Waals surface area contributed by atoms with Crippen molar-refractivity contribution in [1.29, 1.82) is 0 Å². The molecular formula is C22H26ClNO4. The van der Waals surface area contributed by atoms with Crippen molar-refractivity contribution in [3.8, 4) is 0 Å². The van der Waals surface area contributed by atoms with Crippen molar-refractivity contribution in [3.63, 3.8) is 0 Å². The minimum absolute atomic E-state index is 0.280. The second kappa shape index (κ2) is 10.2. The number of esters is 1. The van der Waals surface area contributed by atoms with Crippen LogP contribution < -0.4 is 5.32 Å². The van der Waals surface area contributed by atoms with Gasteiger partial charge in [-0.15, -0.1) is 0 Å². The fraction of sp³-hybridized carbons (Fsp3) is 0.364. The van der Waals surface area contributed by atoms with E-state index in [4.69, 9.17) is 21.1 Å². The first-order chi connectivity index (χ1) is 13.3. The molecule has 2 rings (SSSR count). The summed E-state index contributed by atoms with van der Waals surface area (Å²) in [4.78, 5) is 24.9. The summed E-state index contributed by atoms with van der Waals surface area (Å²) in [5, 5.41) is 3.41. The van der Waals surface area contributed by atoms with Gasteiger partial charge in [-0.1, -0.05) is 49.7 Å². The van der Waals surface area contributed by atoms with Crippen molar-refractivity contribution in [3.05, 3.63) is 69.7 Å². The van der Waals surface area contributed by atoms with Gasteiger partial charge in [-0.25, -0.2) is 4.79 Å². The van der Waals surface area contributed by atoms with Gasteiger partial charge in [-0.2, -0.15) is 0 Å². The quantitative estimate of drug-likeness (QED) is 0.643. The molecule has 5 nitrogen and oxygen atoms in total. The van der Waals surface area contributed by atoms with Crippen molar-refractivity contribution in [2.24, 2.45) is 5.92 Å². The first kappa shape index (κ1) is 21.9. The van der Waals surface area contributed by atoms with Gasteiger partial charge in [0.25, 0.3) is 5.91 Å². The van der Waals surface area contributed by atoms with Gasteiger partial charge in [0.15, 0.2) is 0 Å². The number of rotatable bonds is 8. The molecule has 1 amide bonds. The van der Waals surface area contributed by atoms with Crippen LogP contribution in [0.15, 0.2) is 42.5 Å². The van der Waals surface area contributed by atoms with Crippen LogP contribution in [0.4, 0.5) is 0 Å². The third-order valence-corrected chi connectivity index (χ3v) is 4.44. The van der Waals surface area contributed by atoms with E-state index in [1.807, 2.05) is 13.0 Å². The molecule has 0 bridgehead atoms. The Morgan fingerprint density at radius 3 is 2.46 bits per heavy atom. The number of amides is 1. The number of halogens is 1. The topological polar surface area (TPSA) is 64.6 Å². The van der Waals surface area contributed by atoms with Gasteiger partial charge in [0.05, 0.1) is 25.3 Å². The van der Waals surface area contributed by atoms with Crippen molar-refractivity contribution in [2.75, 3.05) is 13.7 Å². The van der Waals surface area contributed by atoms with E-state index in [2.05, 4.69) is 19.2 Å². The van der Waals surface area contributed by atoms with Crippen molar-refractivity contribution in [2.45, 2.75) is 33.4 Å². The Balaban J connectivity index is 2.21. The number of benzene rings is 2. The highest BCUT2D eigenvalue weighted by Crippen LogP contribution is 2.22. The Bertz CT molecular complexity index is 835. The van der Waals surface area contributed by atoms with E-state index in [1.165, 1.54) is 7.11 Å². The second-order valence-corrected chi connectivity index (χ2v) is 7.42. The van der Waals surface area contributed by atoms with E-state index in [1.54, 1.807) is 36.4 Å². The van der Waals surface area contributed by atoms with E-state index in [0.717, 1.165) is 5.56 Å². The maximum absolute atomic E-state index is 12.9. The third-order valence-electron chi connectivity index (χ3n) is 4.21. The van der Waals surface area contributed by atoms with Crippen LogP contribution >= 0.6 is 11.6 Å². The molecule has 0 heterocycles. The van der Waals surface area contributed by atoms with Crippen LogP contribution in [-0.2, 0) is 16.1 Å². The van der Waals surface area contributed by atoms with Crippen LogP contribution in [0.2, 0.25) is 5.02 Å². The van der Waals surface area contributed by atoms with Crippen LogP contribution in [-0.4, -0.2) is 25.6 Å². The summed E-state index contributed by atoms with van der Waals surface area (Å²) in [6.07, 6.45) is 0. The van der Waals surface area contributed by atoms with Crippen molar-refractivity contribution in [1.82, 2.24) is 5.32 Å². The lowest BCUT2D eigenvalue weighted by atomic mass is 10.0. The first-order valence-electron chi connectivity index (χ1n) is 9.17. The fourth-order valence-electron chi connectivity index (χ4n) is 2.81. The molecule has 0 aromatic heterocycles. The molecule has 0 spiro atoms. The predicted molar refractivity (Wildman–Crippen MR) is 110 cm³/mol. The van der Waals surface area contributed by atoms with Gasteiger partial charge >= 0.3 is 5.97 Å². The number of carbonyl (C=O) groups is 2. The number of carbonyl (C=O) groups excluding carboxylic acids is 2. The molecule has 0 aliphatic heterocycles. The molecule has 2 aromatic carbocycles. The zero-order valence-electron chi connectivity index (χ0n) is 16.6. The molecule has 0 unspecified atom stereocenters. The molecule has 0 saturated heterocycles. The molecule has 150 valence electrons. The SMILES string of the molecule is COC(=O)c1ccccc1[C@H](C)NC(=O)c1cc(Cl)ccc1COCC(C)C. The summed E-state index contributed by atoms with van der Waals surface area (Å²) in [7, 11) is 1.33. The second-order valence-electron chi connectivity index (χ2n) is 6.98. The highest BCUT2D eigenvalue weighted by molar-refractivity contribution is 6.31. The Kier molecular flexibility index (Phi) is 8.03. The maximum atomic E-state index is 12.9. The summed E-state index contributed by atoms with van der Waals surface area (Å²) in [6, 6.07) is 11.8. The fourth-order valence-corrected chi connectivity index (χ4v) is 2.99. The largest absolute Gasteiger partial charge is 0.465 e. The Morgan fingerprint density at radius 2 is 1.79 bits per heavy atom. The number of hydrogen-bond acceptors (Lipinski definition) is 4. The van der Waals surface area contributed by atoms with Gasteiger partial charge in [-0.3, -0.25) is 4.79 Å². The summed E-state index contributed by atoms with van der Waals surface area (Å²) in [6.45, 7) is 6.88. The molecule has 1 N–H and O–H groups in total. The van der Waals surface area contributed by atoms with Crippen LogP contribution in [0.5, 0.6) is 0 Å². The predicted octanol–water partition coefficient (Wildman–Crippen LogP) is 4.79. The lowest BCUT2D eigenvalue weighted by molar-refractivity contribution is 0.0597. The average molecular weight is 404 g/mol. The normalized spacial score (nSPS) is 11.9. The molecule has 0 radical (unpaired) electrons. The highest BCUT2D eigenvalue weighted by atomic mass is 35.5. The van der Waals surface area contributed by atoms with Crippen molar-refractivity contribution >= 4 is 23.5 Å². The number of nitrogens with one attached hydrogen (secondary N) is 1. The number of hydrogen-bond donors (Lipinski definition) is 1. The van der Waals surface area contributed by atoms with E-state index >= 15 is 0 Å². The highest BCUT2D eigenvalue weighted by Gasteiger charge is 2.20. The lowest BCUT2D eigenvalue weighted by Crippen LogP contribution is -2.29. The maximum Gasteiger partial charge on any atom is 0.338 e. The minimum atomic E-state index is -0.442. The van der Waals surface area contributed by atoms with E-state index in [9.17, 15) is 9.59 Å². The summed E-state index contributed by atoms with van der Waals surface area (Å²) >= 11 is 6.10. The molecule has 0 aliphatic rings. The van der Waals surface area contributed by atoms with Crippen LogP contribution in [0.3, 0.4) is 0 Å². The van der Waals surface area contributed by atoms with Crippen molar-refractivity contribution < 1.29 is 19.1 Å². The van der Waals surface area contributed by atoms with Gasteiger partial charge in [0.1, 0.15) is 0 Å². The average Bonchev–Trinajstić information content (AvgIpc) is 2.68. The lowest BCUT2D eigenvalue weighted by Gasteiger charge is -2.18. The zero-order chi connectivity index (χ0) is 20.7. The van der Waals surface area contributed by atoms with Gasteiger partial charge in [0.2, 0.25) is 0 Å². The van der Waals surface area contributed by atoms with Crippen LogP contribution in [0.1, 0.15) is 58.7 Å². The van der Waals surface area contributed by atoms with Crippen LogP contribution in [0, 0.1) is 5.92 Å². The van der Waals surface area contributed by atoms with Gasteiger partial charge in [0, 0.05) is 17.2 Å². The minimum Gasteiger partial charge on any atom is -0.465 e. The van der Waals surface area contributed by atoms with E-state index < -0.39 is 12.0 Å². The first-order valence-corrected chi connectivity index (χ1v) is 9.55. The van der Waals surface area contributed by atoms with Crippen LogP contribution in [0.25, 0.3) is 0 Å². The number of ether oxygens (including phenoxy) is 2. The summed E-state index contributed by atoms with van der Waals surface area (Å²) < 4.78 is 10.5. The molecule has 2 aromatic rings. The standard InChI is InChI=1S/C22H26ClNO4/c1-14(2)12-28-13-16-9-10-17(23)11-20(16)21(25)24-15(3)18-7-5-6-8-19(18)22(26)27-4/h5-11,14-15H,12-13H2,1-4H3,(H,24,25)/t15-/m0/s1. The Labute approximate surface area is 171 Å². The smallest absolute Gasteiger partial charge is 0.338 e. The third kappa shape index (κ3) is 5.81. The molecule has 0 fully saturated rings. The zero-order valence-corrected chi connectivity index (χ0v) is 17.4. The van der Waals surface area contributed by atoms with E-state index in [-0.39, 0.29) is 5.91 Å². The van der Waals surface area contributed by atoms with Gasteiger partial charge < -0.3 is 14.8 Å². The summed E-state index contributed by atoms with van der Waals surface area (Å²) in [5.41, 5.74) is 2.32. The molecule has 28 heavy (non-hydrogen) atoms. The number of methoxy groups -OCH3 is 1.